The molecule has 40 heavy (non-hydrogen) atoms. The Hall–Kier alpha value is -2.97. The van der Waals surface area contributed by atoms with Gasteiger partial charge >= 0.3 is 0 Å². The van der Waals surface area contributed by atoms with Crippen molar-refractivity contribution in [3.05, 3.63) is 61.2 Å². The number of nitrogens with zero attached hydrogens (tertiary/aromatic N) is 3. The van der Waals surface area contributed by atoms with E-state index in [1.165, 1.54) is 0 Å². The lowest BCUT2D eigenvalue weighted by atomic mass is 9.70. The lowest BCUT2D eigenvalue weighted by molar-refractivity contribution is -0.149. The molecule has 0 aromatic heterocycles. The summed E-state index contributed by atoms with van der Waals surface area (Å²) in [6.07, 6.45) is 7.39. The number of carbonyl (C=O) groups excluding carboxylic acids is 3. The Balaban J connectivity index is 1.66. The molecule has 2 unspecified atom stereocenters. The van der Waals surface area contributed by atoms with Gasteiger partial charge in [-0.15, -0.1) is 13.2 Å². The van der Waals surface area contributed by atoms with E-state index in [1.807, 2.05) is 44.2 Å². The van der Waals surface area contributed by atoms with Gasteiger partial charge in [-0.05, 0) is 45.1 Å². The van der Waals surface area contributed by atoms with Gasteiger partial charge in [0.1, 0.15) is 11.6 Å². The number of likely N-dealkylation sites (tertiary alicyclic amines) is 1. The number of aliphatic hydroxyl groups excluding tert-OH is 1. The minimum atomic E-state index is -1.01. The van der Waals surface area contributed by atoms with Crippen LogP contribution in [0.5, 0.6) is 0 Å². The Morgan fingerprint density at radius 3 is 2.45 bits per heavy atom. The van der Waals surface area contributed by atoms with E-state index in [1.54, 1.807) is 26.9 Å². The molecule has 2 bridgehead atoms. The number of rotatable bonds is 15. The molecular formula is C32H45N3O5. The van der Waals surface area contributed by atoms with E-state index in [-0.39, 0.29) is 30.4 Å². The van der Waals surface area contributed by atoms with Gasteiger partial charge in [-0.25, -0.2) is 0 Å². The molecule has 1 spiro atoms. The second-order valence-electron chi connectivity index (χ2n) is 11.6. The average molecular weight is 552 g/mol. The average Bonchev–Trinajstić information content (AvgIpc) is 3.58. The molecule has 1 N–H and O–H groups in total. The molecule has 218 valence electrons. The van der Waals surface area contributed by atoms with E-state index in [0.29, 0.717) is 45.4 Å². The molecule has 0 saturated carbocycles. The van der Waals surface area contributed by atoms with Crippen molar-refractivity contribution < 1.29 is 24.2 Å². The number of hydrogen-bond donors (Lipinski definition) is 1. The maximum atomic E-state index is 14.2. The minimum Gasteiger partial charge on any atom is -0.396 e. The van der Waals surface area contributed by atoms with Gasteiger partial charge in [0.25, 0.3) is 0 Å². The Kier molecular flexibility index (Phi) is 9.85. The van der Waals surface area contributed by atoms with E-state index >= 15 is 0 Å². The lowest BCUT2D eigenvalue weighted by Crippen LogP contribution is -2.57. The highest BCUT2D eigenvalue weighted by Crippen LogP contribution is 2.59. The largest absolute Gasteiger partial charge is 0.396 e. The van der Waals surface area contributed by atoms with Crippen LogP contribution in [0.2, 0.25) is 0 Å². The first-order valence-electron chi connectivity index (χ1n) is 14.7. The van der Waals surface area contributed by atoms with Gasteiger partial charge in [-0.1, -0.05) is 55.3 Å². The first-order valence-corrected chi connectivity index (χ1v) is 14.7. The van der Waals surface area contributed by atoms with Crippen molar-refractivity contribution in [2.24, 2.45) is 11.8 Å². The standard InChI is InChI=1S/C32H45N3O5/c1-5-18-33(22-24-14-10-9-11-15-24)29(37)26-25-16-17-32(40-25)27(26)30(38)35(20-12-7-8-13-21-36)28(32)31(39)34(19-6-2)23(3)4/h5-6,9-11,14-15,23,25-28,36H,1-2,7-8,12-13,16-22H2,3-4H3/t25-,26+,27-,28?,32?/m0/s1. The highest BCUT2D eigenvalue weighted by molar-refractivity contribution is 5.99. The first-order chi connectivity index (χ1) is 19.3. The smallest absolute Gasteiger partial charge is 0.248 e. The highest BCUT2D eigenvalue weighted by atomic mass is 16.5. The topological polar surface area (TPSA) is 90.4 Å². The Morgan fingerprint density at radius 2 is 1.80 bits per heavy atom. The van der Waals surface area contributed by atoms with E-state index < -0.39 is 29.6 Å². The maximum absolute atomic E-state index is 14.2. The predicted molar refractivity (Wildman–Crippen MR) is 154 cm³/mol. The van der Waals surface area contributed by atoms with Crippen LogP contribution in [0.1, 0.15) is 57.9 Å². The quantitative estimate of drug-likeness (QED) is 0.266. The fraction of sp³-hybridized carbons (Fsp3) is 0.594. The van der Waals surface area contributed by atoms with Gasteiger partial charge in [0, 0.05) is 38.8 Å². The van der Waals surface area contributed by atoms with Crippen LogP contribution < -0.4 is 0 Å². The number of ether oxygens (including phenoxy) is 1. The van der Waals surface area contributed by atoms with Crippen LogP contribution in [0.25, 0.3) is 0 Å². The molecule has 0 aliphatic carbocycles. The zero-order chi connectivity index (χ0) is 28.9. The normalized spacial score (nSPS) is 26.7. The van der Waals surface area contributed by atoms with E-state index in [2.05, 4.69) is 13.2 Å². The number of hydrogen-bond acceptors (Lipinski definition) is 5. The summed E-state index contributed by atoms with van der Waals surface area (Å²) in [4.78, 5) is 47.8. The molecule has 8 nitrogen and oxygen atoms in total. The fourth-order valence-electron chi connectivity index (χ4n) is 6.96. The number of unbranched alkanes of at least 4 members (excludes halogenated alkanes) is 3. The van der Waals surface area contributed by atoms with Crippen molar-refractivity contribution >= 4 is 17.7 Å². The second-order valence-corrected chi connectivity index (χ2v) is 11.6. The maximum Gasteiger partial charge on any atom is 0.248 e. The molecule has 3 aliphatic rings. The summed E-state index contributed by atoms with van der Waals surface area (Å²) >= 11 is 0. The molecule has 3 saturated heterocycles. The third kappa shape index (κ3) is 5.61. The number of carbonyl (C=O) groups is 3. The van der Waals surface area contributed by atoms with Crippen molar-refractivity contribution in [1.29, 1.82) is 0 Å². The van der Waals surface area contributed by atoms with Crippen molar-refractivity contribution in [3.8, 4) is 0 Å². The lowest BCUT2D eigenvalue weighted by Gasteiger charge is -2.38. The summed E-state index contributed by atoms with van der Waals surface area (Å²) in [5.41, 5.74) is -0.00525. The van der Waals surface area contributed by atoms with Crippen LogP contribution in [-0.2, 0) is 25.7 Å². The molecule has 3 fully saturated rings. The van der Waals surface area contributed by atoms with Crippen LogP contribution in [0, 0.1) is 11.8 Å². The minimum absolute atomic E-state index is 0.0764. The molecule has 4 rings (SSSR count). The fourth-order valence-corrected chi connectivity index (χ4v) is 6.96. The van der Waals surface area contributed by atoms with E-state index in [0.717, 1.165) is 24.8 Å². The van der Waals surface area contributed by atoms with Crippen LogP contribution in [0.4, 0.5) is 0 Å². The summed E-state index contributed by atoms with van der Waals surface area (Å²) < 4.78 is 6.64. The van der Waals surface area contributed by atoms with Gasteiger partial charge in [0.2, 0.25) is 17.7 Å². The molecule has 5 atom stereocenters. The number of amides is 3. The highest BCUT2D eigenvalue weighted by Gasteiger charge is 2.74. The first kappa shape index (κ1) is 30.0. The van der Waals surface area contributed by atoms with Crippen molar-refractivity contribution in [1.82, 2.24) is 14.7 Å². The van der Waals surface area contributed by atoms with Crippen LogP contribution in [0.3, 0.4) is 0 Å². The molecule has 3 heterocycles. The van der Waals surface area contributed by atoms with Gasteiger partial charge in [-0.3, -0.25) is 14.4 Å². The summed E-state index contributed by atoms with van der Waals surface area (Å²) in [6.45, 7) is 13.3. The van der Waals surface area contributed by atoms with Gasteiger partial charge in [0.15, 0.2) is 0 Å². The van der Waals surface area contributed by atoms with E-state index in [9.17, 15) is 14.4 Å². The molecule has 1 aromatic rings. The van der Waals surface area contributed by atoms with Gasteiger partial charge < -0.3 is 24.5 Å². The molecule has 0 radical (unpaired) electrons. The van der Waals surface area contributed by atoms with Crippen LogP contribution in [-0.4, -0.2) is 87.6 Å². The SMILES string of the molecule is C=CCN(Cc1ccccc1)C(=O)[C@@H]1[C@@H]2CCC3(O2)C(C(=O)N(CC=C)C(C)C)N(CCCCCCO)C(=O)[C@H]13. The van der Waals surface area contributed by atoms with Crippen molar-refractivity contribution in [3.63, 3.8) is 0 Å². The number of aliphatic hydroxyl groups is 1. The molecule has 8 heteroatoms. The number of fused-ring (bicyclic) bond motifs is 1. The second kappa shape index (κ2) is 13.1. The Labute approximate surface area is 238 Å². The molecule has 1 aromatic carbocycles. The predicted octanol–water partition coefficient (Wildman–Crippen LogP) is 3.55. The molecule has 3 amide bonds. The number of benzene rings is 1. The Bertz CT molecular complexity index is 1080. The monoisotopic (exact) mass is 551 g/mol. The van der Waals surface area contributed by atoms with Gasteiger partial charge in [-0.2, -0.15) is 0 Å². The third-order valence-corrected chi connectivity index (χ3v) is 8.74. The zero-order valence-corrected chi connectivity index (χ0v) is 24.0. The summed E-state index contributed by atoms with van der Waals surface area (Å²) in [7, 11) is 0. The summed E-state index contributed by atoms with van der Waals surface area (Å²) in [5, 5.41) is 9.15. The van der Waals surface area contributed by atoms with Crippen LogP contribution >= 0.6 is 0 Å². The zero-order valence-electron chi connectivity index (χ0n) is 24.0. The van der Waals surface area contributed by atoms with E-state index in [4.69, 9.17) is 9.84 Å². The molecular weight excluding hydrogens is 506 g/mol. The molecule has 3 aliphatic heterocycles. The van der Waals surface area contributed by atoms with Crippen molar-refractivity contribution in [2.45, 2.75) is 82.7 Å². The van der Waals surface area contributed by atoms with Crippen LogP contribution in [0.15, 0.2) is 55.6 Å². The third-order valence-electron chi connectivity index (χ3n) is 8.74. The van der Waals surface area contributed by atoms with Crippen molar-refractivity contribution in [2.75, 3.05) is 26.2 Å². The Morgan fingerprint density at radius 1 is 1.10 bits per heavy atom. The summed E-state index contributed by atoms with van der Waals surface area (Å²) in [5.74, 6) is -1.72. The van der Waals surface area contributed by atoms with Gasteiger partial charge in [0.05, 0.1) is 17.9 Å². The summed E-state index contributed by atoms with van der Waals surface area (Å²) in [6, 6.07) is 8.95.